The topological polar surface area (TPSA) is 66.6 Å². The van der Waals surface area contributed by atoms with Crippen LogP contribution in [0.1, 0.15) is 42.3 Å². The average Bonchev–Trinajstić information content (AvgIpc) is 2.82. The van der Waals surface area contributed by atoms with Gasteiger partial charge in [-0.25, -0.2) is 0 Å². The van der Waals surface area contributed by atoms with E-state index in [0.29, 0.717) is 12.3 Å². The Kier molecular flexibility index (Phi) is 5.18. The largest absolute Gasteiger partial charge is 0.481 e. The number of likely N-dealkylation sites (tertiary alicyclic amines) is 1. The van der Waals surface area contributed by atoms with Crippen molar-refractivity contribution in [2.45, 2.75) is 31.2 Å². The molecule has 0 aromatic heterocycles. The number of benzene rings is 1. The number of aliphatic carboxylic acids is 1. The number of hydrogen-bond acceptors (Lipinski definition) is 3. The molecule has 1 aromatic carbocycles. The van der Waals surface area contributed by atoms with E-state index in [2.05, 4.69) is 33.9 Å². The first kappa shape index (κ1) is 15.5. The lowest BCUT2D eigenvalue weighted by atomic mass is 9.95. The van der Waals surface area contributed by atoms with E-state index in [1.165, 1.54) is 12.0 Å². The number of carboxylic acid groups (broad SMARTS) is 1. The van der Waals surface area contributed by atoms with Crippen LogP contribution in [0.5, 0.6) is 0 Å². The van der Waals surface area contributed by atoms with Gasteiger partial charge in [0.1, 0.15) is 0 Å². The van der Waals surface area contributed by atoms with Gasteiger partial charge in [0.25, 0.3) is 0 Å². The second-order valence-electron chi connectivity index (χ2n) is 5.57. The summed E-state index contributed by atoms with van der Waals surface area (Å²) in [7, 11) is 2.14. The SMILES string of the molecule is CN1CCC(c2ccc(C(N)CCC(=O)O)cc2Br)C1. The Morgan fingerprint density at radius 2 is 2.35 bits per heavy atom. The van der Waals surface area contributed by atoms with E-state index >= 15 is 0 Å². The van der Waals surface area contributed by atoms with Crippen molar-refractivity contribution in [1.29, 1.82) is 0 Å². The highest BCUT2D eigenvalue weighted by Gasteiger charge is 2.23. The lowest BCUT2D eigenvalue weighted by Gasteiger charge is -2.16. The molecule has 0 amide bonds. The summed E-state index contributed by atoms with van der Waals surface area (Å²) in [5.41, 5.74) is 8.36. The maximum absolute atomic E-state index is 10.6. The summed E-state index contributed by atoms with van der Waals surface area (Å²) in [6.45, 7) is 2.22. The maximum Gasteiger partial charge on any atom is 0.303 e. The highest BCUT2D eigenvalue weighted by atomic mass is 79.9. The lowest BCUT2D eigenvalue weighted by molar-refractivity contribution is -0.137. The molecule has 2 unspecified atom stereocenters. The van der Waals surface area contributed by atoms with Gasteiger partial charge in [-0.1, -0.05) is 28.1 Å². The van der Waals surface area contributed by atoms with E-state index in [-0.39, 0.29) is 12.5 Å². The van der Waals surface area contributed by atoms with Crippen molar-refractivity contribution in [1.82, 2.24) is 4.90 Å². The van der Waals surface area contributed by atoms with Crippen LogP contribution in [-0.2, 0) is 4.79 Å². The number of nitrogens with zero attached hydrogens (tertiary/aromatic N) is 1. The van der Waals surface area contributed by atoms with E-state index in [1.54, 1.807) is 0 Å². The maximum atomic E-state index is 10.6. The first-order valence-corrected chi connectivity index (χ1v) is 7.72. The third-order valence-electron chi connectivity index (χ3n) is 3.95. The second kappa shape index (κ2) is 6.70. The molecule has 20 heavy (non-hydrogen) atoms. The minimum absolute atomic E-state index is 0.105. The molecule has 5 heteroatoms. The zero-order valence-corrected chi connectivity index (χ0v) is 13.3. The Balaban J connectivity index is 2.07. The zero-order valence-electron chi connectivity index (χ0n) is 11.7. The fourth-order valence-electron chi connectivity index (χ4n) is 2.74. The smallest absolute Gasteiger partial charge is 0.303 e. The van der Waals surface area contributed by atoms with Gasteiger partial charge in [0, 0.05) is 23.5 Å². The van der Waals surface area contributed by atoms with E-state index in [9.17, 15) is 4.79 Å². The van der Waals surface area contributed by atoms with Gasteiger partial charge in [0.15, 0.2) is 0 Å². The first-order valence-electron chi connectivity index (χ1n) is 6.92. The number of carboxylic acids is 1. The molecular formula is C15H21BrN2O2. The molecule has 1 aliphatic heterocycles. The van der Waals surface area contributed by atoms with Crippen molar-refractivity contribution in [3.05, 3.63) is 33.8 Å². The monoisotopic (exact) mass is 340 g/mol. The normalized spacial score (nSPS) is 21.1. The Morgan fingerprint density at radius 1 is 1.60 bits per heavy atom. The molecule has 1 fully saturated rings. The third kappa shape index (κ3) is 3.81. The van der Waals surface area contributed by atoms with Crippen LogP contribution in [0.4, 0.5) is 0 Å². The molecule has 0 saturated carbocycles. The van der Waals surface area contributed by atoms with Gasteiger partial charge in [-0.2, -0.15) is 0 Å². The number of carbonyl (C=O) groups is 1. The second-order valence-corrected chi connectivity index (χ2v) is 6.42. The van der Waals surface area contributed by atoms with Gasteiger partial charge < -0.3 is 15.7 Å². The zero-order chi connectivity index (χ0) is 14.7. The summed E-state index contributed by atoms with van der Waals surface area (Å²) in [6.07, 6.45) is 1.75. The molecule has 0 radical (unpaired) electrons. The average molecular weight is 341 g/mol. The van der Waals surface area contributed by atoms with Crippen molar-refractivity contribution in [2.75, 3.05) is 20.1 Å². The van der Waals surface area contributed by atoms with Gasteiger partial charge in [-0.05, 0) is 49.5 Å². The van der Waals surface area contributed by atoms with Crippen LogP contribution in [0, 0.1) is 0 Å². The molecule has 110 valence electrons. The minimum atomic E-state index is -0.801. The molecule has 0 bridgehead atoms. The van der Waals surface area contributed by atoms with Crippen LogP contribution in [0.2, 0.25) is 0 Å². The molecular weight excluding hydrogens is 320 g/mol. The molecule has 1 aliphatic rings. The van der Waals surface area contributed by atoms with E-state index in [0.717, 1.165) is 23.1 Å². The Bertz CT molecular complexity index is 493. The van der Waals surface area contributed by atoms with Crippen molar-refractivity contribution < 1.29 is 9.90 Å². The summed E-state index contributed by atoms with van der Waals surface area (Å²) >= 11 is 3.64. The highest BCUT2D eigenvalue weighted by molar-refractivity contribution is 9.10. The molecule has 2 atom stereocenters. The number of nitrogens with two attached hydrogens (primary N) is 1. The lowest BCUT2D eigenvalue weighted by Crippen LogP contribution is -2.14. The van der Waals surface area contributed by atoms with E-state index in [1.807, 2.05) is 12.1 Å². The molecule has 4 nitrogen and oxygen atoms in total. The van der Waals surface area contributed by atoms with Gasteiger partial charge in [-0.3, -0.25) is 4.79 Å². The number of rotatable bonds is 5. The quantitative estimate of drug-likeness (QED) is 0.864. The fourth-order valence-corrected chi connectivity index (χ4v) is 3.46. The highest BCUT2D eigenvalue weighted by Crippen LogP contribution is 2.33. The Hall–Kier alpha value is -0.910. The summed E-state index contributed by atoms with van der Waals surface area (Å²) in [5, 5.41) is 8.71. The van der Waals surface area contributed by atoms with Crippen molar-refractivity contribution >= 4 is 21.9 Å². The Labute approximate surface area is 128 Å². The number of hydrogen-bond donors (Lipinski definition) is 2. The van der Waals surface area contributed by atoms with E-state index < -0.39 is 5.97 Å². The molecule has 0 aliphatic carbocycles. The molecule has 2 rings (SSSR count). The predicted octanol–water partition coefficient (Wildman–Crippen LogP) is 2.73. The number of likely N-dealkylation sites (N-methyl/N-ethyl adjacent to an activating group) is 1. The summed E-state index contributed by atoms with van der Waals surface area (Å²) in [5.74, 6) is -0.233. The number of halogens is 1. The van der Waals surface area contributed by atoms with Crippen LogP contribution in [0.15, 0.2) is 22.7 Å². The fraction of sp³-hybridized carbons (Fsp3) is 0.533. The summed E-state index contributed by atoms with van der Waals surface area (Å²) in [6, 6.07) is 5.98. The summed E-state index contributed by atoms with van der Waals surface area (Å²) in [4.78, 5) is 12.9. The van der Waals surface area contributed by atoms with Crippen LogP contribution >= 0.6 is 15.9 Å². The van der Waals surface area contributed by atoms with Crippen LogP contribution in [0.25, 0.3) is 0 Å². The van der Waals surface area contributed by atoms with Crippen molar-refractivity contribution in [3.63, 3.8) is 0 Å². The van der Waals surface area contributed by atoms with Gasteiger partial charge in [0.2, 0.25) is 0 Å². The van der Waals surface area contributed by atoms with Crippen LogP contribution in [0.3, 0.4) is 0 Å². The van der Waals surface area contributed by atoms with Crippen LogP contribution < -0.4 is 5.73 Å². The van der Waals surface area contributed by atoms with Crippen molar-refractivity contribution in [2.24, 2.45) is 5.73 Å². The van der Waals surface area contributed by atoms with Crippen LogP contribution in [-0.4, -0.2) is 36.1 Å². The summed E-state index contributed by atoms with van der Waals surface area (Å²) < 4.78 is 1.08. The molecule has 0 spiro atoms. The van der Waals surface area contributed by atoms with Gasteiger partial charge in [0.05, 0.1) is 0 Å². The van der Waals surface area contributed by atoms with E-state index in [4.69, 9.17) is 10.8 Å². The van der Waals surface area contributed by atoms with Gasteiger partial charge in [-0.15, -0.1) is 0 Å². The van der Waals surface area contributed by atoms with Gasteiger partial charge >= 0.3 is 5.97 Å². The molecule has 1 heterocycles. The molecule has 1 aromatic rings. The predicted molar refractivity (Wildman–Crippen MR) is 82.8 cm³/mol. The van der Waals surface area contributed by atoms with Crippen molar-refractivity contribution in [3.8, 4) is 0 Å². The third-order valence-corrected chi connectivity index (χ3v) is 4.64. The standard InChI is InChI=1S/C15H21BrN2O2/c1-18-7-6-11(9-18)12-3-2-10(8-13(12)16)14(17)4-5-15(19)20/h2-3,8,11,14H,4-7,9,17H2,1H3,(H,19,20). The molecule has 1 saturated heterocycles. The first-order chi connectivity index (χ1) is 9.47. The minimum Gasteiger partial charge on any atom is -0.481 e. The molecule has 3 N–H and O–H groups in total. The Morgan fingerprint density at radius 3 is 2.90 bits per heavy atom.